The Kier molecular flexibility index (Phi) is 6.07. The number of carbonyl (C=O) groups is 1. The number of fused-ring (bicyclic) bond motifs is 3. The lowest BCUT2D eigenvalue weighted by molar-refractivity contribution is 0.0600. The van der Waals surface area contributed by atoms with Crippen molar-refractivity contribution in [1.29, 1.82) is 0 Å². The Hall–Kier alpha value is -3.29. The van der Waals surface area contributed by atoms with Gasteiger partial charge in [-0.15, -0.1) is 0 Å². The zero-order valence-corrected chi connectivity index (χ0v) is 20.9. The predicted molar refractivity (Wildman–Crippen MR) is 138 cm³/mol. The Morgan fingerprint density at radius 2 is 1.89 bits per heavy atom. The highest BCUT2D eigenvalue weighted by molar-refractivity contribution is 7.92. The van der Waals surface area contributed by atoms with E-state index in [1.807, 2.05) is 18.2 Å². The van der Waals surface area contributed by atoms with Gasteiger partial charge in [-0.1, -0.05) is 42.0 Å². The molecule has 2 aliphatic rings. The Morgan fingerprint density at radius 1 is 1.11 bits per heavy atom. The molecule has 3 aromatic rings. The molecule has 0 saturated carbocycles. The lowest BCUT2D eigenvalue weighted by Crippen LogP contribution is -2.29. The molecule has 3 atom stereocenters. The van der Waals surface area contributed by atoms with Crippen LogP contribution in [0.3, 0.4) is 0 Å². The number of carbonyl (C=O) groups excluding carboxylic acids is 1. The van der Waals surface area contributed by atoms with Gasteiger partial charge in [-0.25, -0.2) is 13.2 Å². The van der Waals surface area contributed by atoms with Gasteiger partial charge in [0, 0.05) is 16.6 Å². The number of halogens is 1. The molecule has 1 aliphatic heterocycles. The van der Waals surface area contributed by atoms with Crippen LogP contribution < -0.4 is 10.0 Å². The Morgan fingerprint density at radius 3 is 2.63 bits per heavy atom. The van der Waals surface area contributed by atoms with Crippen LogP contribution in [0.5, 0.6) is 0 Å². The lowest BCUT2D eigenvalue weighted by atomic mass is 9.77. The molecule has 0 spiro atoms. The van der Waals surface area contributed by atoms with E-state index in [9.17, 15) is 13.2 Å². The molecule has 8 heteroatoms. The number of hydrogen-bond donors (Lipinski definition) is 2. The summed E-state index contributed by atoms with van der Waals surface area (Å²) in [7, 11) is -2.43. The summed E-state index contributed by atoms with van der Waals surface area (Å²) in [5.74, 6) is -0.0543. The maximum Gasteiger partial charge on any atom is 0.337 e. The smallest absolute Gasteiger partial charge is 0.337 e. The van der Waals surface area contributed by atoms with Gasteiger partial charge < -0.3 is 10.1 Å². The van der Waals surface area contributed by atoms with Gasteiger partial charge in [0.25, 0.3) is 10.0 Å². The number of allylic oxidation sites excluding steroid dienone is 2. The van der Waals surface area contributed by atoms with Gasteiger partial charge in [-0.05, 0) is 78.4 Å². The molecule has 2 N–H and O–H groups in total. The van der Waals surface area contributed by atoms with Gasteiger partial charge in [0.1, 0.15) is 0 Å². The van der Waals surface area contributed by atoms with E-state index in [1.54, 1.807) is 49.4 Å². The predicted octanol–water partition coefficient (Wildman–Crippen LogP) is 6.06. The molecule has 1 heterocycles. The van der Waals surface area contributed by atoms with Crippen molar-refractivity contribution in [2.24, 2.45) is 5.92 Å². The van der Waals surface area contributed by atoms with Gasteiger partial charge in [-0.2, -0.15) is 0 Å². The van der Waals surface area contributed by atoms with Crippen molar-refractivity contribution in [3.8, 4) is 0 Å². The van der Waals surface area contributed by atoms with Crippen LogP contribution in [0.15, 0.2) is 77.7 Å². The molecule has 6 nitrogen and oxygen atoms in total. The molecule has 0 bridgehead atoms. The molecular formula is C27H25ClN2O4S. The second-order valence-electron chi connectivity index (χ2n) is 8.86. The molecule has 0 saturated heterocycles. The first-order chi connectivity index (χ1) is 16.8. The molecule has 0 aromatic heterocycles. The number of methoxy groups -OCH3 is 1. The zero-order chi connectivity index (χ0) is 24.7. The summed E-state index contributed by atoms with van der Waals surface area (Å²) in [4.78, 5) is 12.0. The number of rotatable bonds is 5. The van der Waals surface area contributed by atoms with Gasteiger partial charge in [0.15, 0.2) is 0 Å². The van der Waals surface area contributed by atoms with E-state index >= 15 is 0 Å². The van der Waals surface area contributed by atoms with Crippen LogP contribution in [0.1, 0.15) is 45.4 Å². The normalized spacial score (nSPS) is 20.5. The fourth-order valence-electron chi connectivity index (χ4n) is 4.94. The van der Waals surface area contributed by atoms with E-state index in [-0.39, 0.29) is 28.7 Å². The minimum Gasteiger partial charge on any atom is -0.465 e. The number of sulfonamides is 1. The first kappa shape index (κ1) is 23.5. The number of anilines is 2. The van der Waals surface area contributed by atoms with Crippen LogP contribution in [-0.2, 0) is 14.8 Å². The molecule has 3 aromatic carbocycles. The first-order valence-electron chi connectivity index (χ1n) is 11.3. The average molecular weight is 509 g/mol. The highest BCUT2D eigenvalue weighted by atomic mass is 35.5. The topological polar surface area (TPSA) is 84.5 Å². The summed E-state index contributed by atoms with van der Waals surface area (Å²) < 4.78 is 33.9. The summed E-state index contributed by atoms with van der Waals surface area (Å²) in [6, 6.07) is 17.8. The van der Waals surface area contributed by atoms with E-state index in [2.05, 4.69) is 22.2 Å². The third-order valence-electron chi connectivity index (χ3n) is 6.85. The van der Waals surface area contributed by atoms with Crippen LogP contribution in [0.4, 0.5) is 11.4 Å². The van der Waals surface area contributed by atoms with Gasteiger partial charge in [-0.3, -0.25) is 4.72 Å². The van der Waals surface area contributed by atoms with Crippen LogP contribution in [-0.4, -0.2) is 21.5 Å². The summed E-state index contributed by atoms with van der Waals surface area (Å²) in [5, 5.41) is 4.11. The molecule has 180 valence electrons. The molecular weight excluding hydrogens is 484 g/mol. The SMILES string of the molecule is COC(=O)c1ccc([C@H]2Nc3ccc(S(=O)(=O)Nc4cccc(Cl)c4C)cc3[C@H]3C=CC[C@H]32)cc1. The Bertz CT molecular complexity index is 1430. The second kappa shape index (κ2) is 9.06. The zero-order valence-electron chi connectivity index (χ0n) is 19.3. The molecule has 0 unspecified atom stereocenters. The summed E-state index contributed by atoms with van der Waals surface area (Å²) in [6.45, 7) is 1.78. The standard InChI is InChI=1S/C27H25ClN2O4S/c1-16-23(28)7-4-8-24(16)30-35(32,33)19-13-14-25-22(15-19)20-5-3-6-21(20)26(29-25)17-9-11-18(12-10-17)27(31)34-2/h3-5,7-15,20-21,26,29-30H,6H2,1-2H3/t20-,21+,26+/m0/s1. The molecule has 1 aliphatic carbocycles. The Labute approximate surface area is 210 Å². The Balaban J connectivity index is 1.46. The van der Waals surface area contributed by atoms with Crippen LogP contribution in [0.25, 0.3) is 0 Å². The van der Waals surface area contributed by atoms with Gasteiger partial charge >= 0.3 is 5.97 Å². The number of esters is 1. The summed E-state index contributed by atoms with van der Waals surface area (Å²) >= 11 is 6.17. The van der Waals surface area contributed by atoms with Crippen LogP contribution in [0.2, 0.25) is 5.02 Å². The largest absolute Gasteiger partial charge is 0.465 e. The highest BCUT2D eigenvalue weighted by Crippen LogP contribution is 2.50. The average Bonchev–Trinajstić information content (AvgIpc) is 3.36. The molecule has 0 radical (unpaired) electrons. The van der Waals surface area contributed by atoms with E-state index in [0.29, 0.717) is 21.8 Å². The van der Waals surface area contributed by atoms with Crippen molar-refractivity contribution >= 4 is 39.0 Å². The fourth-order valence-corrected chi connectivity index (χ4v) is 6.27. The van der Waals surface area contributed by atoms with E-state index in [1.165, 1.54) is 7.11 Å². The maximum absolute atomic E-state index is 13.2. The number of benzene rings is 3. The number of hydrogen-bond acceptors (Lipinski definition) is 5. The van der Waals surface area contributed by atoms with Crippen molar-refractivity contribution in [2.75, 3.05) is 17.1 Å². The lowest BCUT2D eigenvalue weighted by Gasteiger charge is -2.37. The summed E-state index contributed by atoms with van der Waals surface area (Å²) in [5.41, 5.74) is 4.57. The minimum absolute atomic E-state index is 0.0314. The fraction of sp³-hybridized carbons (Fsp3) is 0.222. The first-order valence-corrected chi connectivity index (χ1v) is 13.2. The third kappa shape index (κ3) is 4.30. The minimum atomic E-state index is -3.80. The van der Waals surface area contributed by atoms with E-state index < -0.39 is 10.0 Å². The van der Waals surface area contributed by atoms with Crippen molar-refractivity contribution < 1.29 is 17.9 Å². The monoisotopic (exact) mass is 508 g/mol. The second-order valence-corrected chi connectivity index (χ2v) is 10.9. The van der Waals surface area contributed by atoms with Crippen LogP contribution >= 0.6 is 11.6 Å². The van der Waals surface area contributed by atoms with E-state index in [0.717, 1.165) is 23.2 Å². The molecule has 0 amide bonds. The molecule has 0 fully saturated rings. The van der Waals surface area contributed by atoms with Gasteiger partial charge in [0.05, 0.1) is 29.3 Å². The van der Waals surface area contributed by atoms with E-state index in [4.69, 9.17) is 16.3 Å². The summed E-state index contributed by atoms with van der Waals surface area (Å²) in [6.07, 6.45) is 5.18. The molecule has 35 heavy (non-hydrogen) atoms. The molecule has 5 rings (SSSR count). The van der Waals surface area contributed by atoms with Gasteiger partial charge in [0.2, 0.25) is 0 Å². The van der Waals surface area contributed by atoms with Crippen molar-refractivity contribution in [3.05, 3.63) is 100 Å². The highest BCUT2D eigenvalue weighted by Gasteiger charge is 2.38. The third-order valence-corrected chi connectivity index (χ3v) is 8.62. The number of nitrogens with one attached hydrogen (secondary N) is 2. The number of ether oxygens (including phenoxy) is 1. The van der Waals surface area contributed by atoms with Crippen LogP contribution in [0, 0.1) is 12.8 Å². The van der Waals surface area contributed by atoms with Crippen molar-refractivity contribution in [1.82, 2.24) is 0 Å². The maximum atomic E-state index is 13.2. The van der Waals surface area contributed by atoms with Crippen molar-refractivity contribution in [2.45, 2.75) is 30.2 Å². The van der Waals surface area contributed by atoms with Crippen molar-refractivity contribution in [3.63, 3.8) is 0 Å². The quantitative estimate of drug-likeness (QED) is 0.323.